The predicted molar refractivity (Wildman–Crippen MR) is 104 cm³/mol. The number of hydrogen-bond donors (Lipinski definition) is 1. The lowest BCUT2D eigenvalue weighted by Crippen LogP contribution is -2.51. The maximum absolute atomic E-state index is 14.5. The van der Waals surface area contributed by atoms with E-state index in [-0.39, 0.29) is 11.9 Å². The van der Waals surface area contributed by atoms with Crippen molar-refractivity contribution >= 4 is 11.9 Å². The van der Waals surface area contributed by atoms with Gasteiger partial charge in [0.05, 0.1) is 24.8 Å². The summed E-state index contributed by atoms with van der Waals surface area (Å²) in [6.45, 7) is 8.39. The van der Waals surface area contributed by atoms with Gasteiger partial charge >= 0.3 is 6.03 Å². The van der Waals surface area contributed by atoms with E-state index in [2.05, 4.69) is 19.2 Å². The quantitative estimate of drug-likeness (QED) is 0.842. The van der Waals surface area contributed by atoms with Crippen molar-refractivity contribution in [3.63, 3.8) is 0 Å². The maximum atomic E-state index is 14.5. The lowest BCUT2D eigenvalue weighted by Gasteiger charge is -2.38. The number of hydrogen-bond acceptors (Lipinski definition) is 3. The molecule has 1 aromatic carbocycles. The van der Waals surface area contributed by atoms with Crippen LogP contribution in [-0.4, -0.2) is 54.6 Å². The molecule has 1 aromatic rings. The van der Waals surface area contributed by atoms with Crippen LogP contribution in [-0.2, 0) is 9.53 Å². The van der Waals surface area contributed by atoms with Gasteiger partial charge in [0.15, 0.2) is 0 Å². The number of allylic oxidation sites excluding steroid dienone is 1. The van der Waals surface area contributed by atoms with E-state index in [1.807, 2.05) is 0 Å². The zero-order valence-electron chi connectivity index (χ0n) is 16.7. The minimum atomic E-state index is -0.806. The first kappa shape index (κ1) is 20.3. The number of carbonyl (C=O) groups is 2. The second kappa shape index (κ2) is 8.73. The summed E-state index contributed by atoms with van der Waals surface area (Å²) in [5.41, 5.74) is 1.32. The Morgan fingerprint density at radius 2 is 1.96 bits per heavy atom. The van der Waals surface area contributed by atoms with Crippen LogP contribution in [0.25, 0.3) is 0 Å². The minimum Gasteiger partial charge on any atom is -0.378 e. The van der Waals surface area contributed by atoms with Gasteiger partial charge in [-0.2, -0.15) is 0 Å². The highest BCUT2D eigenvalue weighted by molar-refractivity contribution is 5.98. The van der Waals surface area contributed by atoms with E-state index >= 15 is 0 Å². The van der Waals surface area contributed by atoms with Crippen LogP contribution in [0.4, 0.5) is 9.18 Å². The number of urea groups is 1. The van der Waals surface area contributed by atoms with Crippen LogP contribution in [0.1, 0.15) is 38.8 Å². The summed E-state index contributed by atoms with van der Waals surface area (Å²) < 4.78 is 19.9. The Bertz CT molecular complexity index is 772. The van der Waals surface area contributed by atoms with Crippen molar-refractivity contribution in [3.05, 3.63) is 46.9 Å². The highest BCUT2D eigenvalue weighted by Crippen LogP contribution is 2.33. The average molecular weight is 389 g/mol. The molecule has 0 saturated carbocycles. The van der Waals surface area contributed by atoms with Gasteiger partial charge in [0.25, 0.3) is 5.91 Å². The van der Waals surface area contributed by atoms with Gasteiger partial charge in [-0.25, -0.2) is 9.18 Å². The Balaban J connectivity index is 2.02. The van der Waals surface area contributed by atoms with Crippen molar-refractivity contribution < 1.29 is 18.7 Å². The molecule has 3 rings (SSSR count). The van der Waals surface area contributed by atoms with Crippen molar-refractivity contribution in [2.45, 2.75) is 33.2 Å². The summed E-state index contributed by atoms with van der Waals surface area (Å²) in [7, 11) is 0. The molecule has 0 unspecified atom stereocenters. The van der Waals surface area contributed by atoms with Crippen LogP contribution in [0.5, 0.6) is 0 Å². The second-order valence-corrected chi connectivity index (χ2v) is 7.64. The van der Waals surface area contributed by atoms with E-state index in [4.69, 9.17) is 4.74 Å². The largest absolute Gasteiger partial charge is 0.378 e. The van der Waals surface area contributed by atoms with Crippen LogP contribution in [0.3, 0.4) is 0 Å². The van der Waals surface area contributed by atoms with E-state index in [0.717, 1.165) is 6.42 Å². The molecule has 7 heteroatoms. The Morgan fingerprint density at radius 3 is 2.61 bits per heavy atom. The molecule has 0 bridgehead atoms. The molecule has 0 aromatic heterocycles. The minimum absolute atomic E-state index is 0.177. The van der Waals surface area contributed by atoms with Gasteiger partial charge in [-0.05, 0) is 25.3 Å². The zero-order valence-corrected chi connectivity index (χ0v) is 16.7. The van der Waals surface area contributed by atoms with Crippen LogP contribution < -0.4 is 5.32 Å². The second-order valence-electron chi connectivity index (χ2n) is 7.64. The number of carbonyl (C=O) groups excluding carboxylic acids is 2. The summed E-state index contributed by atoms with van der Waals surface area (Å²) in [6.07, 6.45) is 0.814. The fraction of sp³-hybridized carbons (Fsp3) is 0.524. The van der Waals surface area contributed by atoms with E-state index in [0.29, 0.717) is 55.6 Å². The Labute approximate surface area is 165 Å². The Kier molecular flexibility index (Phi) is 6.34. The van der Waals surface area contributed by atoms with Gasteiger partial charge in [0.2, 0.25) is 0 Å². The molecule has 6 nitrogen and oxygen atoms in total. The predicted octanol–water partition coefficient (Wildman–Crippen LogP) is 3.07. The average Bonchev–Trinajstić information content (AvgIpc) is 2.68. The van der Waals surface area contributed by atoms with Gasteiger partial charge in [-0.1, -0.05) is 32.0 Å². The van der Waals surface area contributed by atoms with Gasteiger partial charge in [0, 0.05) is 30.9 Å². The number of benzene rings is 1. The van der Waals surface area contributed by atoms with E-state index in [1.165, 1.54) is 6.07 Å². The van der Waals surface area contributed by atoms with Crippen LogP contribution in [0.15, 0.2) is 35.5 Å². The molecule has 1 atom stereocenters. The van der Waals surface area contributed by atoms with Crippen molar-refractivity contribution in [1.29, 1.82) is 0 Å². The van der Waals surface area contributed by atoms with Crippen LogP contribution in [0, 0.1) is 11.7 Å². The van der Waals surface area contributed by atoms with Crippen LogP contribution in [0.2, 0.25) is 0 Å². The number of morpholine rings is 1. The van der Waals surface area contributed by atoms with Gasteiger partial charge in [-0.3, -0.25) is 9.69 Å². The normalized spacial score (nSPS) is 20.6. The molecule has 0 radical (unpaired) electrons. The first-order valence-corrected chi connectivity index (χ1v) is 9.80. The SMILES string of the molecule is CC1=C(C(=O)N2CCOCC2)[C@@H](c2ccccc2F)NC(=O)N1CCC(C)C. The fourth-order valence-corrected chi connectivity index (χ4v) is 3.59. The Hall–Kier alpha value is -2.41. The monoisotopic (exact) mass is 389 g/mol. The molecule has 1 N–H and O–H groups in total. The zero-order chi connectivity index (χ0) is 20.3. The van der Waals surface area contributed by atoms with Crippen molar-refractivity contribution in [2.24, 2.45) is 5.92 Å². The van der Waals surface area contributed by atoms with Gasteiger partial charge < -0.3 is 15.0 Å². The topological polar surface area (TPSA) is 61.9 Å². The number of ether oxygens (including phenoxy) is 1. The number of rotatable bonds is 5. The summed E-state index contributed by atoms with van der Waals surface area (Å²) in [6, 6.07) is 5.16. The third-order valence-corrected chi connectivity index (χ3v) is 5.27. The molecule has 3 amide bonds. The lowest BCUT2D eigenvalue weighted by molar-refractivity contribution is -0.131. The van der Waals surface area contributed by atoms with Crippen molar-refractivity contribution in [2.75, 3.05) is 32.8 Å². The molecule has 1 saturated heterocycles. The van der Waals surface area contributed by atoms with Crippen molar-refractivity contribution in [3.8, 4) is 0 Å². The van der Waals surface area contributed by atoms with Gasteiger partial charge in [0.1, 0.15) is 5.82 Å². The smallest absolute Gasteiger partial charge is 0.322 e. The van der Waals surface area contributed by atoms with Crippen molar-refractivity contribution in [1.82, 2.24) is 15.1 Å². The molecule has 28 heavy (non-hydrogen) atoms. The fourth-order valence-electron chi connectivity index (χ4n) is 3.59. The lowest BCUT2D eigenvalue weighted by atomic mass is 9.93. The van der Waals surface area contributed by atoms with E-state index in [1.54, 1.807) is 34.9 Å². The molecular formula is C21H28FN3O3. The summed E-state index contributed by atoms with van der Waals surface area (Å²) in [4.78, 5) is 29.4. The first-order chi connectivity index (χ1) is 13.4. The molecule has 2 aliphatic heterocycles. The summed E-state index contributed by atoms with van der Waals surface area (Å²) >= 11 is 0. The molecule has 152 valence electrons. The third kappa shape index (κ3) is 4.19. The highest BCUT2D eigenvalue weighted by atomic mass is 19.1. The molecule has 0 aliphatic carbocycles. The first-order valence-electron chi connectivity index (χ1n) is 9.80. The molecule has 2 aliphatic rings. The number of halogens is 1. The summed E-state index contributed by atoms with van der Waals surface area (Å²) in [5.74, 6) is -0.199. The highest BCUT2D eigenvalue weighted by Gasteiger charge is 2.38. The summed E-state index contributed by atoms with van der Waals surface area (Å²) in [5, 5.41) is 2.86. The standard InChI is InChI=1S/C21H28FN3O3/c1-14(2)8-9-25-15(3)18(20(26)24-10-12-28-13-11-24)19(23-21(25)27)16-6-4-5-7-17(16)22/h4-7,14,19H,8-13H2,1-3H3,(H,23,27)/t19-/m1/s1. The van der Waals surface area contributed by atoms with Gasteiger partial charge in [-0.15, -0.1) is 0 Å². The third-order valence-electron chi connectivity index (χ3n) is 5.27. The number of nitrogens with one attached hydrogen (secondary N) is 1. The maximum Gasteiger partial charge on any atom is 0.322 e. The molecule has 1 fully saturated rings. The van der Waals surface area contributed by atoms with E-state index < -0.39 is 11.9 Å². The number of amides is 3. The van der Waals surface area contributed by atoms with Crippen LogP contribution >= 0.6 is 0 Å². The molecular weight excluding hydrogens is 361 g/mol. The van der Waals surface area contributed by atoms with E-state index in [9.17, 15) is 14.0 Å². The number of nitrogens with zero attached hydrogens (tertiary/aromatic N) is 2. The Morgan fingerprint density at radius 1 is 1.29 bits per heavy atom. The molecule has 2 heterocycles. The molecule has 0 spiro atoms.